The Morgan fingerprint density at radius 2 is 1.71 bits per heavy atom. The molecule has 0 bridgehead atoms. The number of nitrogens with one attached hydrogen (secondary N) is 1. The van der Waals surface area contributed by atoms with Crippen LogP contribution in [0, 0.1) is 5.41 Å². The van der Waals surface area contributed by atoms with Crippen molar-refractivity contribution in [2.75, 3.05) is 13.1 Å². The molecule has 0 atom stereocenters. The van der Waals surface area contributed by atoms with Crippen LogP contribution in [-0.2, 0) is 5.41 Å². The Morgan fingerprint density at radius 1 is 1.10 bits per heavy atom. The van der Waals surface area contributed by atoms with E-state index in [2.05, 4.69) is 52.1 Å². The number of hydrogen-bond donors (Lipinski definition) is 2. The Bertz CT molecular complexity index is 479. The average molecular weight is 289 g/mol. The van der Waals surface area contributed by atoms with Crippen molar-refractivity contribution in [1.29, 1.82) is 0 Å². The topological polar surface area (TPSA) is 32.3 Å². The quantitative estimate of drug-likeness (QED) is 0.854. The molecule has 1 fully saturated rings. The summed E-state index contributed by atoms with van der Waals surface area (Å²) in [6.45, 7) is 13.6. The molecule has 0 radical (unpaired) electrons. The van der Waals surface area contributed by atoms with Crippen LogP contribution in [0.5, 0.6) is 5.75 Å². The molecule has 0 spiro atoms. The Hall–Kier alpha value is -1.02. The van der Waals surface area contributed by atoms with Crippen molar-refractivity contribution in [1.82, 2.24) is 5.32 Å². The summed E-state index contributed by atoms with van der Waals surface area (Å²) in [5.41, 5.74) is 2.93. The maximum absolute atomic E-state index is 10.3. The summed E-state index contributed by atoms with van der Waals surface area (Å²) in [5, 5.41) is 13.7. The lowest BCUT2D eigenvalue weighted by molar-refractivity contribution is 0.283. The van der Waals surface area contributed by atoms with E-state index < -0.39 is 0 Å². The van der Waals surface area contributed by atoms with Gasteiger partial charge in [-0.3, -0.25) is 0 Å². The summed E-state index contributed by atoms with van der Waals surface area (Å²) in [7, 11) is 0. The molecule has 2 rings (SSSR count). The molecular weight excluding hydrogens is 258 g/mol. The molecule has 2 N–H and O–H groups in total. The summed E-state index contributed by atoms with van der Waals surface area (Å²) >= 11 is 0. The number of phenols is 1. The number of rotatable bonds is 3. The second-order valence-electron chi connectivity index (χ2n) is 8.42. The van der Waals surface area contributed by atoms with Crippen LogP contribution < -0.4 is 5.32 Å². The van der Waals surface area contributed by atoms with E-state index in [1.165, 1.54) is 5.56 Å². The van der Waals surface area contributed by atoms with Crippen molar-refractivity contribution < 1.29 is 5.11 Å². The maximum Gasteiger partial charge on any atom is 0.119 e. The van der Waals surface area contributed by atoms with Gasteiger partial charge in [0.15, 0.2) is 0 Å². The number of benzene rings is 1. The first-order chi connectivity index (χ1) is 9.69. The highest BCUT2D eigenvalue weighted by Gasteiger charge is 2.28. The van der Waals surface area contributed by atoms with E-state index >= 15 is 0 Å². The average Bonchev–Trinajstić information content (AvgIpc) is 2.37. The molecule has 0 aliphatic carbocycles. The fourth-order valence-corrected chi connectivity index (χ4v) is 3.86. The van der Waals surface area contributed by atoms with E-state index in [1.54, 1.807) is 0 Å². The van der Waals surface area contributed by atoms with Gasteiger partial charge in [-0.2, -0.15) is 0 Å². The van der Waals surface area contributed by atoms with Gasteiger partial charge in [0.2, 0.25) is 0 Å². The van der Waals surface area contributed by atoms with Gasteiger partial charge < -0.3 is 10.4 Å². The van der Waals surface area contributed by atoms with Gasteiger partial charge in [0.05, 0.1) is 0 Å². The Balaban J connectivity index is 2.29. The van der Waals surface area contributed by atoms with Gasteiger partial charge in [0.1, 0.15) is 5.75 Å². The summed E-state index contributed by atoms with van der Waals surface area (Å²) < 4.78 is 0. The molecule has 2 heteroatoms. The van der Waals surface area contributed by atoms with Crippen molar-refractivity contribution in [2.24, 2.45) is 5.41 Å². The largest absolute Gasteiger partial charge is 0.508 e. The molecule has 1 heterocycles. The molecule has 1 saturated heterocycles. The standard InChI is InChI=1S/C19H31NO/c1-18(2,3)13-19(4,5)15-6-7-17(21)16(12-15)14-8-10-20-11-9-14/h6-7,12,14,20-21H,8-11,13H2,1-5H3. The van der Waals surface area contributed by atoms with Crippen LogP contribution >= 0.6 is 0 Å². The minimum absolute atomic E-state index is 0.133. The van der Waals surface area contributed by atoms with Crippen LogP contribution in [0.15, 0.2) is 18.2 Å². The molecule has 1 aromatic rings. The van der Waals surface area contributed by atoms with Crippen molar-refractivity contribution in [3.63, 3.8) is 0 Å². The SMILES string of the molecule is CC(C)(C)CC(C)(C)c1ccc(O)c(C2CCNCC2)c1. The number of hydrogen-bond acceptors (Lipinski definition) is 2. The van der Waals surface area contributed by atoms with Crippen molar-refractivity contribution in [3.05, 3.63) is 29.3 Å². The van der Waals surface area contributed by atoms with Crippen molar-refractivity contribution >= 4 is 0 Å². The first-order valence-electron chi connectivity index (χ1n) is 8.23. The minimum Gasteiger partial charge on any atom is -0.508 e. The summed E-state index contributed by atoms with van der Waals surface area (Å²) in [5.74, 6) is 0.967. The summed E-state index contributed by atoms with van der Waals surface area (Å²) in [4.78, 5) is 0. The zero-order valence-corrected chi connectivity index (χ0v) is 14.3. The predicted octanol–water partition coefficient (Wildman–Crippen LogP) is 4.57. The van der Waals surface area contributed by atoms with Crippen LogP contribution in [0.1, 0.15) is 70.9 Å². The lowest BCUT2D eigenvalue weighted by atomic mass is 9.71. The number of piperidine rings is 1. The monoisotopic (exact) mass is 289 g/mol. The third kappa shape index (κ3) is 4.23. The van der Waals surface area contributed by atoms with Crippen molar-refractivity contribution in [2.45, 2.75) is 65.2 Å². The van der Waals surface area contributed by atoms with Crippen LogP contribution in [-0.4, -0.2) is 18.2 Å². The lowest BCUT2D eigenvalue weighted by Gasteiger charge is -2.34. The van der Waals surface area contributed by atoms with E-state index in [0.717, 1.165) is 37.9 Å². The zero-order chi connectivity index (χ0) is 15.7. The van der Waals surface area contributed by atoms with Gasteiger partial charge in [-0.05, 0) is 66.3 Å². The smallest absolute Gasteiger partial charge is 0.119 e. The fraction of sp³-hybridized carbons (Fsp3) is 0.684. The third-order valence-electron chi connectivity index (χ3n) is 4.56. The highest BCUT2D eigenvalue weighted by Crippen LogP contribution is 2.40. The molecule has 118 valence electrons. The minimum atomic E-state index is 0.133. The van der Waals surface area contributed by atoms with E-state index in [4.69, 9.17) is 0 Å². The zero-order valence-electron chi connectivity index (χ0n) is 14.3. The van der Waals surface area contributed by atoms with E-state index in [0.29, 0.717) is 17.1 Å². The molecule has 0 amide bonds. The Labute approximate surface area is 130 Å². The molecule has 1 aliphatic heterocycles. The first-order valence-corrected chi connectivity index (χ1v) is 8.23. The number of aromatic hydroxyl groups is 1. The maximum atomic E-state index is 10.3. The van der Waals surface area contributed by atoms with E-state index in [9.17, 15) is 5.11 Å². The molecule has 0 saturated carbocycles. The van der Waals surface area contributed by atoms with Gasteiger partial charge in [0.25, 0.3) is 0 Å². The third-order valence-corrected chi connectivity index (χ3v) is 4.56. The molecule has 1 aliphatic rings. The van der Waals surface area contributed by atoms with Gasteiger partial charge >= 0.3 is 0 Å². The van der Waals surface area contributed by atoms with Crippen LogP contribution in [0.25, 0.3) is 0 Å². The van der Waals surface area contributed by atoms with Gasteiger partial charge in [-0.15, -0.1) is 0 Å². The Morgan fingerprint density at radius 3 is 2.29 bits per heavy atom. The van der Waals surface area contributed by atoms with E-state index in [1.807, 2.05) is 6.07 Å². The highest BCUT2D eigenvalue weighted by atomic mass is 16.3. The molecular formula is C19H31NO. The normalized spacial score (nSPS) is 18.0. The molecule has 0 aromatic heterocycles. The lowest BCUT2D eigenvalue weighted by Crippen LogP contribution is -2.27. The van der Waals surface area contributed by atoms with E-state index in [-0.39, 0.29) is 5.41 Å². The van der Waals surface area contributed by atoms with Gasteiger partial charge in [-0.1, -0.05) is 46.8 Å². The summed E-state index contributed by atoms with van der Waals surface area (Å²) in [6, 6.07) is 6.26. The molecule has 1 aromatic carbocycles. The summed E-state index contributed by atoms with van der Waals surface area (Å²) in [6.07, 6.45) is 3.38. The second kappa shape index (κ2) is 6.00. The van der Waals surface area contributed by atoms with Gasteiger partial charge in [-0.25, -0.2) is 0 Å². The highest BCUT2D eigenvalue weighted by molar-refractivity contribution is 5.41. The van der Waals surface area contributed by atoms with Crippen LogP contribution in [0.2, 0.25) is 0 Å². The number of phenolic OH excluding ortho intramolecular Hbond substituents is 1. The molecule has 0 unspecified atom stereocenters. The fourth-order valence-electron chi connectivity index (χ4n) is 3.86. The van der Waals surface area contributed by atoms with Gasteiger partial charge in [0, 0.05) is 0 Å². The van der Waals surface area contributed by atoms with Crippen molar-refractivity contribution in [3.8, 4) is 5.75 Å². The predicted molar refractivity (Wildman–Crippen MR) is 90.0 cm³/mol. The second-order valence-corrected chi connectivity index (χ2v) is 8.42. The molecule has 21 heavy (non-hydrogen) atoms. The first kappa shape index (κ1) is 16.4. The molecule has 2 nitrogen and oxygen atoms in total. The Kier molecular flexibility index (Phi) is 4.67. The van der Waals surface area contributed by atoms with Crippen LogP contribution in [0.3, 0.4) is 0 Å². The van der Waals surface area contributed by atoms with Crippen LogP contribution in [0.4, 0.5) is 0 Å².